The Hall–Kier alpha value is -1.78. The van der Waals surface area contributed by atoms with Crippen LogP contribution in [0.2, 0.25) is 0 Å². The van der Waals surface area contributed by atoms with E-state index in [1.165, 1.54) is 0 Å². The lowest BCUT2D eigenvalue weighted by Crippen LogP contribution is -2.32. The number of aliphatic hydroxyl groups is 1. The van der Waals surface area contributed by atoms with E-state index < -0.39 is 6.10 Å². The summed E-state index contributed by atoms with van der Waals surface area (Å²) in [6, 6.07) is 13.4. The van der Waals surface area contributed by atoms with E-state index in [0.717, 1.165) is 17.3 Å². The molecule has 0 amide bonds. The molecule has 1 heterocycles. The maximum Gasteiger partial charge on any atom is 0.119 e. The number of aliphatic hydroxyl groups excluding tert-OH is 1. The van der Waals surface area contributed by atoms with Gasteiger partial charge in [0.25, 0.3) is 0 Å². The van der Waals surface area contributed by atoms with Crippen LogP contribution >= 0.6 is 0 Å². The molecule has 2 rings (SSSR count). The quantitative estimate of drug-likeness (QED) is 0.843. The van der Waals surface area contributed by atoms with Gasteiger partial charge in [-0.1, -0.05) is 18.2 Å². The first-order valence-electron chi connectivity index (χ1n) is 6.73. The smallest absolute Gasteiger partial charge is 0.119 e. The van der Waals surface area contributed by atoms with Gasteiger partial charge in [-0.15, -0.1) is 0 Å². The van der Waals surface area contributed by atoms with Crippen molar-refractivity contribution >= 4 is 0 Å². The predicted molar refractivity (Wildman–Crippen MR) is 77.7 cm³/mol. The average Bonchev–Trinajstić information content (AvgIpc) is 2.83. The predicted octanol–water partition coefficient (Wildman–Crippen LogP) is 2.46. The van der Waals surface area contributed by atoms with Crippen molar-refractivity contribution in [3.8, 4) is 5.75 Å². The zero-order chi connectivity index (χ0) is 14.4. The number of aryl methyl sites for hydroxylation is 1. The SMILES string of the molecule is Cc1ccc(CN(C)C[C@H](O)COc2ccccc2)o1. The first-order chi connectivity index (χ1) is 9.63. The van der Waals surface area contributed by atoms with Gasteiger partial charge in [-0.05, 0) is 38.2 Å². The molecule has 0 radical (unpaired) electrons. The summed E-state index contributed by atoms with van der Waals surface area (Å²) < 4.78 is 11.0. The monoisotopic (exact) mass is 275 g/mol. The summed E-state index contributed by atoms with van der Waals surface area (Å²) >= 11 is 0. The maximum atomic E-state index is 9.97. The number of benzene rings is 1. The molecular formula is C16H21NO3. The van der Waals surface area contributed by atoms with Crippen LogP contribution < -0.4 is 4.74 Å². The molecule has 1 N–H and O–H groups in total. The Labute approximate surface area is 119 Å². The van der Waals surface area contributed by atoms with Gasteiger partial charge in [0, 0.05) is 6.54 Å². The summed E-state index contributed by atoms with van der Waals surface area (Å²) in [5, 5.41) is 9.97. The number of furan rings is 1. The third kappa shape index (κ3) is 4.72. The molecule has 0 unspecified atom stereocenters. The average molecular weight is 275 g/mol. The summed E-state index contributed by atoms with van der Waals surface area (Å²) in [6.45, 7) is 3.42. The number of rotatable bonds is 7. The summed E-state index contributed by atoms with van der Waals surface area (Å²) in [5.41, 5.74) is 0. The van der Waals surface area contributed by atoms with Crippen LogP contribution in [0.5, 0.6) is 5.75 Å². The summed E-state index contributed by atoms with van der Waals surface area (Å²) in [7, 11) is 1.95. The highest BCUT2D eigenvalue weighted by atomic mass is 16.5. The minimum Gasteiger partial charge on any atom is -0.491 e. The molecule has 0 aliphatic rings. The van der Waals surface area contributed by atoms with Gasteiger partial charge in [0.1, 0.15) is 30.0 Å². The molecule has 0 fully saturated rings. The second-order valence-corrected chi connectivity index (χ2v) is 4.99. The van der Waals surface area contributed by atoms with E-state index in [0.29, 0.717) is 13.1 Å². The molecule has 1 atom stereocenters. The van der Waals surface area contributed by atoms with Gasteiger partial charge >= 0.3 is 0 Å². The zero-order valence-electron chi connectivity index (χ0n) is 12.0. The summed E-state index contributed by atoms with van der Waals surface area (Å²) in [6.07, 6.45) is -0.531. The van der Waals surface area contributed by atoms with Crippen LogP contribution in [0, 0.1) is 6.92 Å². The Morgan fingerprint density at radius 3 is 2.60 bits per heavy atom. The molecule has 0 bridgehead atoms. The molecule has 0 aliphatic heterocycles. The van der Waals surface area contributed by atoms with Crippen LogP contribution in [0.1, 0.15) is 11.5 Å². The number of ether oxygens (including phenoxy) is 1. The van der Waals surface area contributed by atoms with Crippen LogP contribution in [0.4, 0.5) is 0 Å². The fourth-order valence-corrected chi connectivity index (χ4v) is 2.02. The lowest BCUT2D eigenvalue weighted by atomic mass is 10.3. The normalized spacial score (nSPS) is 12.6. The Bertz CT molecular complexity index is 509. The topological polar surface area (TPSA) is 45.8 Å². The van der Waals surface area contributed by atoms with Crippen LogP contribution in [-0.2, 0) is 6.54 Å². The summed E-state index contributed by atoms with van der Waals surface area (Å²) in [4.78, 5) is 2.01. The Morgan fingerprint density at radius 2 is 1.95 bits per heavy atom. The highest BCUT2D eigenvalue weighted by Crippen LogP contribution is 2.10. The van der Waals surface area contributed by atoms with Crippen molar-refractivity contribution < 1.29 is 14.3 Å². The minimum atomic E-state index is -0.531. The Kier molecular flexibility index (Phi) is 5.21. The zero-order valence-corrected chi connectivity index (χ0v) is 12.0. The molecule has 20 heavy (non-hydrogen) atoms. The lowest BCUT2D eigenvalue weighted by Gasteiger charge is -2.19. The van der Waals surface area contributed by atoms with E-state index in [1.807, 2.05) is 61.3 Å². The lowest BCUT2D eigenvalue weighted by molar-refractivity contribution is 0.0724. The first kappa shape index (κ1) is 14.6. The molecule has 4 heteroatoms. The van der Waals surface area contributed by atoms with Gasteiger partial charge in [-0.25, -0.2) is 0 Å². The first-order valence-corrected chi connectivity index (χ1v) is 6.73. The number of hydrogen-bond acceptors (Lipinski definition) is 4. The number of likely N-dealkylation sites (N-methyl/N-ethyl adjacent to an activating group) is 1. The highest BCUT2D eigenvalue weighted by molar-refractivity contribution is 5.20. The van der Waals surface area contributed by atoms with Crippen molar-refractivity contribution in [3.63, 3.8) is 0 Å². The van der Waals surface area contributed by atoms with Gasteiger partial charge in [0.15, 0.2) is 0 Å². The summed E-state index contributed by atoms with van der Waals surface area (Å²) in [5.74, 6) is 2.58. The molecular weight excluding hydrogens is 254 g/mol. The minimum absolute atomic E-state index is 0.283. The molecule has 108 valence electrons. The maximum absolute atomic E-state index is 9.97. The molecule has 1 aromatic carbocycles. The third-order valence-corrected chi connectivity index (χ3v) is 2.93. The van der Waals surface area contributed by atoms with Gasteiger partial charge in [0.05, 0.1) is 6.54 Å². The molecule has 0 aliphatic carbocycles. The van der Waals surface area contributed by atoms with Crippen molar-refractivity contribution in [3.05, 3.63) is 54.0 Å². The van der Waals surface area contributed by atoms with Crippen LogP contribution in [0.3, 0.4) is 0 Å². The molecule has 4 nitrogen and oxygen atoms in total. The number of para-hydroxylation sites is 1. The van der Waals surface area contributed by atoms with Crippen molar-refractivity contribution in [1.82, 2.24) is 4.90 Å². The largest absolute Gasteiger partial charge is 0.491 e. The molecule has 0 saturated heterocycles. The molecule has 0 saturated carbocycles. The second kappa shape index (κ2) is 7.12. The van der Waals surface area contributed by atoms with Crippen molar-refractivity contribution in [2.45, 2.75) is 19.6 Å². The van der Waals surface area contributed by atoms with Crippen LogP contribution in [0.25, 0.3) is 0 Å². The third-order valence-electron chi connectivity index (χ3n) is 2.93. The van der Waals surface area contributed by atoms with Crippen molar-refractivity contribution in [2.24, 2.45) is 0 Å². The second-order valence-electron chi connectivity index (χ2n) is 4.99. The number of nitrogens with zero attached hydrogens (tertiary/aromatic N) is 1. The van der Waals surface area contributed by atoms with E-state index >= 15 is 0 Å². The fourth-order valence-electron chi connectivity index (χ4n) is 2.02. The van der Waals surface area contributed by atoms with Gasteiger partial charge in [-0.2, -0.15) is 0 Å². The van der Waals surface area contributed by atoms with Gasteiger partial charge in [0.2, 0.25) is 0 Å². The number of hydrogen-bond donors (Lipinski definition) is 1. The van der Waals surface area contributed by atoms with Gasteiger partial charge < -0.3 is 14.3 Å². The molecule has 0 spiro atoms. The van der Waals surface area contributed by atoms with Crippen molar-refractivity contribution in [2.75, 3.05) is 20.2 Å². The fraction of sp³-hybridized carbons (Fsp3) is 0.375. The van der Waals surface area contributed by atoms with Crippen molar-refractivity contribution in [1.29, 1.82) is 0 Å². The van der Waals surface area contributed by atoms with Gasteiger partial charge in [-0.3, -0.25) is 4.90 Å². The van der Waals surface area contributed by atoms with E-state index in [-0.39, 0.29) is 6.61 Å². The van der Waals surface area contributed by atoms with Crippen LogP contribution in [-0.4, -0.2) is 36.3 Å². The standard InChI is InChI=1S/C16H21NO3/c1-13-8-9-16(20-13)11-17(2)10-14(18)12-19-15-6-4-3-5-7-15/h3-9,14,18H,10-12H2,1-2H3/t14-/m0/s1. The van der Waals surface area contributed by atoms with E-state index in [2.05, 4.69) is 0 Å². The van der Waals surface area contributed by atoms with E-state index in [1.54, 1.807) is 0 Å². The Morgan fingerprint density at radius 1 is 1.20 bits per heavy atom. The molecule has 2 aromatic rings. The van der Waals surface area contributed by atoms with Crippen LogP contribution in [0.15, 0.2) is 46.9 Å². The van der Waals surface area contributed by atoms with E-state index in [4.69, 9.17) is 9.15 Å². The molecule has 1 aromatic heterocycles. The Balaban J connectivity index is 1.72. The highest BCUT2D eigenvalue weighted by Gasteiger charge is 2.11. The van der Waals surface area contributed by atoms with E-state index in [9.17, 15) is 5.11 Å².